The molecule has 0 unspecified atom stereocenters. The Balaban J connectivity index is 1.74. The highest BCUT2D eigenvalue weighted by Gasteiger charge is 2.26. The summed E-state index contributed by atoms with van der Waals surface area (Å²) in [5, 5.41) is 4.11. The van der Waals surface area contributed by atoms with Gasteiger partial charge in [0, 0.05) is 24.9 Å². The van der Waals surface area contributed by atoms with E-state index < -0.39 is 0 Å². The number of nitrogens with zero attached hydrogens (tertiary/aromatic N) is 3. The number of aromatic nitrogens is 2. The third-order valence-electron chi connectivity index (χ3n) is 5.10. The molecule has 1 aromatic heterocycles. The van der Waals surface area contributed by atoms with Crippen LogP contribution in [0.5, 0.6) is 0 Å². The Hall–Kier alpha value is -2.95. The van der Waals surface area contributed by atoms with E-state index in [0.717, 1.165) is 11.1 Å². The van der Waals surface area contributed by atoms with Crippen LogP contribution in [-0.4, -0.2) is 27.5 Å². The number of benzene rings is 2. The average molecular weight is 406 g/mol. The zero-order valence-electron chi connectivity index (χ0n) is 18.6. The van der Waals surface area contributed by atoms with Gasteiger partial charge in [0.2, 0.25) is 17.6 Å². The number of amides is 1. The molecule has 158 valence electrons. The van der Waals surface area contributed by atoms with Crippen molar-refractivity contribution in [1.82, 2.24) is 15.0 Å². The summed E-state index contributed by atoms with van der Waals surface area (Å²) in [7, 11) is 0. The number of aryl methyl sites for hydroxylation is 1. The van der Waals surface area contributed by atoms with Crippen molar-refractivity contribution in [3.05, 3.63) is 71.6 Å². The fourth-order valence-electron chi connectivity index (χ4n) is 3.39. The molecule has 0 fully saturated rings. The summed E-state index contributed by atoms with van der Waals surface area (Å²) in [6.45, 7) is 10.9. The van der Waals surface area contributed by atoms with Crippen LogP contribution in [0.25, 0.3) is 11.4 Å². The van der Waals surface area contributed by atoms with E-state index >= 15 is 0 Å². The van der Waals surface area contributed by atoms with E-state index in [9.17, 15) is 4.79 Å². The van der Waals surface area contributed by atoms with Gasteiger partial charge >= 0.3 is 0 Å². The summed E-state index contributed by atoms with van der Waals surface area (Å²) < 4.78 is 5.47. The van der Waals surface area contributed by atoms with Gasteiger partial charge in [0.25, 0.3) is 0 Å². The first-order chi connectivity index (χ1) is 14.2. The van der Waals surface area contributed by atoms with E-state index in [2.05, 4.69) is 50.0 Å². The van der Waals surface area contributed by atoms with Gasteiger partial charge < -0.3 is 9.42 Å². The number of rotatable bonds is 7. The lowest BCUT2D eigenvalue weighted by molar-refractivity contribution is -0.135. The lowest BCUT2D eigenvalue weighted by Gasteiger charge is -2.32. The maximum Gasteiger partial charge on any atom is 0.228 e. The van der Waals surface area contributed by atoms with Crippen molar-refractivity contribution >= 4 is 5.91 Å². The molecule has 0 spiro atoms. The fraction of sp³-hybridized carbons (Fsp3) is 0.400. The molecule has 1 heterocycles. The second-order valence-electron chi connectivity index (χ2n) is 9.04. The van der Waals surface area contributed by atoms with Crippen LogP contribution in [0, 0.1) is 12.3 Å². The Kier molecular flexibility index (Phi) is 6.70. The summed E-state index contributed by atoms with van der Waals surface area (Å²) in [5.41, 5.74) is 3.15. The van der Waals surface area contributed by atoms with Crippen molar-refractivity contribution in [2.45, 2.75) is 53.5 Å². The van der Waals surface area contributed by atoms with E-state index in [-0.39, 0.29) is 17.4 Å². The number of hydrogen-bond acceptors (Lipinski definition) is 4. The van der Waals surface area contributed by atoms with Crippen LogP contribution >= 0.6 is 0 Å². The predicted octanol–water partition coefficient (Wildman–Crippen LogP) is 5.61. The minimum absolute atomic E-state index is 0.0273. The molecule has 1 amide bonds. The molecule has 5 heteroatoms. The monoisotopic (exact) mass is 405 g/mol. The molecule has 0 aliphatic heterocycles. The second kappa shape index (κ2) is 9.24. The lowest BCUT2D eigenvalue weighted by atomic mass is 9.91. The highest BCUT2D eigenvalue weighted by atomic mass is 16.5. The number of carbonyl (C=O) groups excluding carboxylic acids is 1. The molecule has 0 N–H and O–H groups in total. The van der Waals surface area contributed by atoms with Gasteiger partial charge in [0.15, 0.2) is 0 Å². The minimum Gasteiger partial charge on any atom is -0.339 e. The van der Waals surface area contributed by atoms with Crippen LogP contribution in [-0.2, 0) is 11.2 Å². The minimum atomic E-state index is -0.0746. The summed E-state index contributed by atoms with van der Waals surface area (Å²) in [5.74, 6) is 1.25. The molecule has 0 saturated heterocycles. The summed E-state index contributed by atoms with van der Waals surface area (Å²) in [6.07, 6.45) is 1.01. The maximum absolute atomic E-state index is 13.1. The van der Waals surface area contributed by atoms with E-state index in [4.69, 9.17) is 4.52 Å². The molecule has 1 atom stereocenters. The first-order valence-electron chi connectivity index (χ1n) is 10.5. The van der Waals surface area contributed by atoms with Gasteiger partial charge in [-0.2, -0.15) is 4.98 Å². The Morgan fingerprint density at radius 2 is 1.73 bits per heavy atom. The molecule has 3 aromatic rings. The van der Waals surface area contributed by atoms with Crippen LogP contribution < -0.4 is 0 Å². The first kappa shape index (κ1) is 21.8. The van der Waals surface area contributed by atoms with E-state index in [1.54, 1.807) is 0 Å². The summed E-state index contributed by atoms with van der Waals surface area (Å²) in [4.78, 5) is 19.6. The molecular weight excluding hydrogens is 374 g/mol. The van der Waals surface area contributed by atoms with Crippen LogP contribution in [0.3, 0.4) is 0 Å². The SMILES string of the molecule is Cc1ccc(-c2noc(CCN(C(=O)CC(C)(C)C)[C@H](C)c3ccccc3)n2)cc1. The van der Waals surface area contributed by atoms with Gasteiger partial charge in [0.05, 0.1) is 6.04 Å². The maximum atomic E-state index is 13.1. The molecule has 0 aliphatic rings. The van der Waals surface area contributed by atoms with Crippen molar-refractivity contribution in [2.24, 2.45) is 5.41 Å². The van der Waals surface area contributed by atoms with Crippen LogP contribution in [0.2, 0.25) is 0 Å². The van der Waals surface area contributed by atoms with Crippen molar-refractivity contribution < 1.29 is 9.32 Å². The van der Waals surface area contributed by atoms with E-state index in [0.29, 0.717) is 31.1 Å². The lowest BCUT2D eigenvalue weighted by Crippen LogP contribution is -2.37. The summed E-state index contributed by atoms with van der Waals surface area (Å²) in [6, 6.07) is 18.1. The average Bonchev–Trinajstić information content (AvgIpc) is 3.17. The topological polar surface area (TPSA) is 59.2 Å². The van der Waals surface area contributed by atoms with Crippen molar-refractivity contribution in [3.63, 3.8) is 0 Å². The first-order valence-corrected chi connectivity index (χ1v) is 10.5. The molecular formula is C25H31N3O2. The second-order valence-corrected chi connectivity index (χ2v) is 9.04. The third kappa shape index (κ3) is 5.78. The normalized spacial score (nSPS) is 12.6. The summed E-state index contributed by atoms with van der Waals surface area (Å²) >= 11 is 0. The van der Waals surface area contributed by atoms with Gasteiger partial charge in [0.1, 0.15) is 0 Å². The van der Waals surface area contributed by atoms with Gasteiger partial charge in [-0.1, -0.05) is 86.1 Å². The standard InChI is InChI=1S/C25H31N3O2/c1-18-11-13-21(14-12-18)24-26-22(30-27-24)15-16-28(23(29)17-25(3,4)5)19(2)20-9-7-6-8-10-20/h6-14,19H,15-17H2,1-5H3/t19-/m1/s1. The van der Waals surface area contributed by atoms with Crippen LogP contribution in [0.4, 0.5) is 0 Å². The molecule has 5 nitrogen and oxygen atoms in total. The Bertz CT molecular complexity index is 956. The van der Waals surface area contributed by atoms with E-state index in [1.807, 2.05) is 54.3 Å². The number of hydrogen-bond donors (Lipinski definition) is 0. The third-order valence-corrected chi connectivity index (χ3v) is 5.10. The molecule has 0 radical (unpaired) electrons. The van der Waals surface area contributed by atoms with Gasteiger partial charge in [-0.15, -0.1) is 0 Å². The fourth-order valence-corrected chi connectivity index (χ4v) is 3.39. The molecule has 2 aromatic carbocycles. The highest BCUT2D eigenvalue weighted by molar-refractivity contribution is 5.77. The highest BCUT2D eigenvalue weighted by Crippen LogP contribution is 2.26. The van der Waals surface area contributed by atoms with E-state index in [1.165, 1.54) is 5.56 Å². The molecule has 30 heavy (non-hydrogen) atoms. The molecule has 3 rings (SSSR count). The van der Waals surface area contributed by atoms with Crippen LogP contribution in [0.1, 0.15) is 57.2 Å². The van der Waals surface area contributed by atoms with Gasteiger partial charge in [-0.25, -0.2) is 0 Å². The molecule has 0 bridgehead atoms. The Morgan fingerprint density at radius 3 is 2.37 bits per heavy atom. The van der Waals surface area contributed by atoms with Gasteiger partial charge in [-0.05, 0) is 24.8 Å². The molecule has 0 aliphatic carbocycles. The zero-order valence-corrected chi connectivity index (χ0v) is 18.6. The Labute approximate surface area is 179 Å². The van der Waals surface area contributed by atoms with Crippen LogP contribution in [0.15, 0.2) is 59.1 Å². The Morgan fingerprint density at radius 1 is 1.07 bits per heavy atom. The predicted molar refractivity (Wildman–Crippen MR) is 119 cm³/mol. The smallest absolute Gasteiger partial charge is 0.228 e. The zero-order chi connectivity index (χ0) is 21.7. The quantitative estimate of drug-likeness (QED) is 0.512. The van der Waals surface area contributed by atoms with Gasteiger partial charge in [-0.3, -0.25) is 4.79 Å². The largest absolute Gasteiger partial charge is 0.339 e. The molecule has 0 saturated carbocycles. The van der Waals surface area contributed by atoms with Crippen molar-refractivity contribution in [2.75, 3.05) is 6.54 Å². The van der Waals surface area contributed by atoms with Crippen molar-refractivity contribution in [1.29, 1.82) is 0 Å². The number of carbonyl (C=O) groups is 1. The van der Waals surface area contributed by atoms with Crippen molar-refractivity contribution in [3.8, 4) is 11.4 Å².